The van der Waals surface area contributed by atoms with Crippen molar-refractivity contribution >= 4 is 0 Å². The predicted molar refractivity (Wildman–Crippen MR) is 48.6 cm³/mol. The molecule has 14 heavy (non-hydrogen) atoms. The number of rotatable bonds is 1. The summed E-state index contributed by atoms with van der Waals surface area (Å²) in [6, 6.07) is 1.94. The Bertz CT molecular complexity index is 494. The molecule has 0 N–H and O–H groups in total. The molecule has 0 atom stereocenters. The van der Waals surface area contributed by atoms with E-state index in [1.54, 1.807) is 23.2 Å². The molecular weight excluding hydrogens is 178 g/mol. The topological polar surface area (TPSA) is 67.4 Å². The van der Waals surface area contributed by atoms with E-state index < -0.39 is 0 Å². The van der Waals surface area contributed by atoms with Gasteiger partial charge in [-0.2, -0.15) is 5.26 Å². The van der Waals surface area contributed by atoms with Gasteiger partial charge in [0.05, 0.1) is 12.4 Å². The summed E-state index contributed by atoms with van der Waals surface area (Å²) in [5, 5.41) is 8.65. The third kappa shape index (κ3) is 1.33. The van der Waals surface area contributed by atoms with E-state index in [2.05, 4.69) is 15.0 Å². The van der Waals surface area contributed by atoms with Crippen LogP contribution in [0.15, 0.2) is 24.8 Å². The minimum atomic E-state index is 0.301. The maximum atomic E-state index is 8.65. The van der Waals surface area contributed by atoms with Crippen LogP contribution in [0.2, 0.25) is 0 Å². The third-order valence-corrected chi connectivity index (χ3v) is 1.81. The molecule has 0 radical (unpaired) electrons. The second-order valence-corrected chi connectivity index (χ2v) is 2.72. The number of aryl methyl sites for hydroxylation is 1. The minimum Gasteiger partial charge on any atom is -0.287 e. The fourth-order valence-corrected chi connectivity index (χ4v) is 1.15. The lowest BCUT2D eigenvalue weighted by molar-refractivity contribution is 0.913. The highest BCUT2D eigenvalue weighted by Gasteiger charge is 2.02. The molecule has 0 aromatic carbocycles. The molecule has 2 aromatic heterocycles. The van der Waals surface area contributed by atoms with E-state index in [1.807, 2.05) is 13.0 Å². The molecule has 0 aliphatic heterocycles. The molecule has 0 unspecified atom stereocenters. The van der Waals surface area contributed by atoms with Crippen molar-refractivity contribution in [2.45, 2.75) is 6.92 Å². The smallest absolute Gasteiger partial charge is 0.161 e. The summed E-state index contributed by atoms with van der Waals surface area (Å²) in [5.74, 6) is 1.42. The monoisotopic (exact) mass is 185 g/mol. The molecule has 2 heterocycles. The first-order chi connectivity index (χ1) is 6.81. The summed E-state index contributed by atoms with van der Waals surface area (Å²) >= 11 is 0. The highest BCUT2D eigenvalue weighted by molar-refractivity contribution is 5.26. The Morgan fingerprint density at radius 1 is 1.43 bits per heavy atom. The van der Waals surface area contributed by atoms with Crippen molar-refractivity contribution in [2.24, 2.45) is 0 Å². The second-order valence-electron chi connectivity index (χ2n) is 2.72. The van der Waals surface area contributed by atoms with Crippen LogP contribution in [0.5, 0.6) is 0 Å². The van der Waals surface area contributed by atoms with E-state index in [4.69, 9.17) is 5.26 Å². The number of hydrogen-bond acceptors (Lipinski definition) is 4. The first-order valence-corrected chi connectivity index (χ1v) is 4.04. The Morgan fingerprint density at radius 2 is 2.29 bits per heavy atom. The van der Waals surface area contributed by atoms with Gasteiger partial charge in [0.2, 0.25) is 0 Å². The molecule has 5 nitrogen and oxygen atoms in total. The number of hydrogen-bond donors (Lipinski definition) is 0. The van der Waals surface area contributed by atoms with E-state index in [1.165, 1.54) is 6.20 Å². The van der Waals surface area contributed by atoms with Crippen LogP contribution in [0.1, 0.15) is 11.5 Å². The Hall–Kier alpha value is -2.22. The Morgan fingerprint density at radius 3 is 2.93 bits per heavy atom. The van der Waals surface area contributed by atoms with Crippen LogP contribution in [-0.4, -0.2) is 19.5 Å². The van der Waals surface area contributed by atoms with Crippen LogP contribution in [-0.2, 0) is 0 Å². The van der Waals surface area contributed by atoms with Crippen molar-refractivity contribution in [2.75, 3.05) is 0 Å². The standard InChI is InChI=1S/C9H7N5/c1-7-12-2-3-14(7)9-6-11-5-8(4-10)13-9/h2-3,5-6H,1H3. The van der Waals surface area contributed by atoms with E-state index in [-0.39, 0.29) is 0 Å². The van der Waals surface area contributed by atoms with Gasteiger partial charge in [-0.05, 0) is 6.92 Å². The van der Waals surface area contributed by atoms with Crippen molar-refractivity contribution in [1.29, 1.82) is 5.26 Å². The van der Waals surface area contributed by atoms with Crippen molar-refractivity contribution in [1.82, 2.24) is 19.5 Å². The average molecular weight is 185 g/mol. The zero-order valence-corrected chi connectivity index (χ0v) is 7.55. The molecule has 0 saturated carbocycles. The average Bonchev–Trinajstić information content (AvgIpc) is 2.65. The van der Waals surface area contributed by atoms with Gasteiger partial charge >= 0.3 is 0 Å². The molecule has 5 heteroatoms. The van der Waals surface area contributed by atoms with E-state index in [0.29, 0.717) is 11.5 Å². The van der Waals surface area contributed by atoms with Crippen LogP contribution in [0.25, 0.3) is 5.82 Å². The summed E-state index contributed by atoms with van der Waals surface area (Å²) in [5.41, 5.74) is 0.301. The zero-order chi connectivity index (χ0) is 9.97. The summed E-state index contributed by atoms with van der Waals surface area (Å²) in [6.45, 7) is 1.86. The normalized spacial score (nSPS) is 9.71. The van der Waals surface area contributed by atoms with Gasteiger partial charge in [0.25, 0.3) is 0 Å². The molecule has 0 aliphatic rings. The predicted octanol–water partition coefficient (Wildman–Crippen LogP) is 0.842. The molecule has 0 fully saturated rings. The van der Waals surface area contributed by atoms with E-state index in [9.17, 15) is 0 Å². The van der Waals surface area contributed by atoms with Crippen molar-refractivity contribution in [3.8, 4) is 11.9 Å². The van der Waals surface area contributed by atoms with Gasteiger partial charge in [-0.3, -0.25) is 9.55 Å². The number of imidazole rings is 1. The number of nitriles is 1. The van der Waals surface area contributed by atoms with Gasteiger partial charge in [-0.15, -0.1) is 0 Å². The molecule has 0 saturated heterocycles. The fourth-order valence-electron chi connectivity index (χ4n) is 1.15. The molecular formula is C9H7N5. The lowest BCUT2D eigenvalue weighted by Gasteiger charge is -2.02. The first-order valence-electron chi connectivity index (χ1n) is 4.04. The maximum Gasteiger partial charge on any atom is 0.161 e. The molecule has 68 valence electrons. The Labute approximate surface area is 80.7 Å². The molecule has 0 aliphatic carbocycles. The summed E-state index contributed by atoms with van der Waals surface area (Å²) in [6.07, 6.45) is 6.47. The molecule has 0 amide bonds. The lowest BCUT2D eigenvalue weighted by Crippen LogP contribution is -2.00. The molecule has 2 rings (SSSR count). The van der Waals surface area contributed by atoms with Crippen LogP contribution < -0.4 is 0 Å². The van der Waals surface area contributed by atoms with E-state index in [0.717, 1.165) is 5.82 Å². The quantitative estimate of drug-likeness (QED) is 0.660. The first kappa shape index (κ1) is 8.38. The summed E-state index contributed by atoms with van der Waals surface area (Å²) < 4.78 is 1.77. The maximum absolute atomic E-state index is 8.65. The fraction of sp³-hybridized carbons (Fsp3) is 0.111. The van der Waals surface area contributed by atoms with Crippen molar-refractivity contribution < 1.29 is 0 Å². The lowest BCUT2D eigenvalue weighted by atomic mass is 10.5. The Kier molecular flexibility index (Phi) is 1.95. The van der Waals surface area contributed by atoms with Gasteiger partial charge in [0.1, 0.15) is 11.9 Å². The van der Waals surface area contributed by atoms with Gasteiger partial charge < -0.3 is 0 Å². The van der Waals surface area contributed by atoms with Crippen molar-refractivity contribution in [3.63, 3.8) is 0 Å². The van der Waals surface area contributed by atoms with Gasteiger partial charge in [0, 0.05) is 12.4 Å². The largest absolute Gasteiger partial charge is 0.287 e. The van der Waals surface area contributed by atoms with Gasteiger partial charge in [-0.25, -0.2) is 9.97 Å². The molecule has 2 aromatic rings. The summed E-state index contributed by atoms with van der Waals surface area (Å²) in [4.78, 5) is 12.1. The van der Waals surface area contributed by atoms with Gasteiger partial charge in [-0.1, -0.05) is 0 Å². The highest BCUT2D eigenvalue weighted by atomic mass is 15.1. The number of aromatic nitrogens is 4. The minimum absolute atomic E-state index is 0.301. The number of nitrogens with zero attached hydrogens (tertiary/aromatic N) is 5. The van der Waals surface area contributed by atoms with E-state index >= 15 is 0 Å². The van der Waals surface area contributed by atoms with Crippen LogP contribution in [0.4, 0.5) is 0 Å². The summed E-state index contributed by atoms with van der Waals surface area (Å²) in [7, 11) is 0. The molecule has 0 spiro atoms. The van der Waals surface area contributed by atoms with Crippen LogP contribution >= 0.6 is 0 Å². The zero-order valence-electron chi connectivity index (χ0n) is 7.55. The Balaban J connectivity index is 2.53. The SMILES string of the molecule is Cc1nccn1-c1cncc(C#N)n1. The van der Waals surface area contributed by atoms with Crippen LogP contribution in [0.3, 0.4) is 0 Å². The van der Waals surface area contributed by atoms with Crippen LogP contribution in [0, 0.1) is 18.3 Å². The molecule has 0 bridgehead atoms. The highest BCUT2D eigenvalue weighted by Crippen LogP contribution is 2.05. The van der Waals surface area contributed by atoms with Gasteiger partial charge in [0.15, 0.2) is 11.5 Å². The van der Waals surface area contributed by atoms with Crippen molar-refractivity contribution in [3.05, 3.63) is 36.3 Å². The second kappa shape index (κ2) is 3.26. The third-order valence-electron chi connectivity index (χ3n) is 1.81.